The topological polar surface area (TPSA) is 57.2 Å². The molecule has 4 aromatic carbocycles. The zero-order valence-corrected chi connectivity index (χ0v) is 27.6. The molecule has 0 saturated heterocycles. The molecule has 0 spiro atoms. The van der Waals surface area contributed by atoms with Crippen molar-refractivity contribution in [3.63, 3.8) is 0 Å². The van der Waals surface area contributed by atoms with Crippen molar-refractivity contribution in [1.82, 2.24) is 0 Å². The van der Waals surface area contributed by atoms with Crippen LogP contribution in [-0.4, -0.2) is 25.5 Å². The molecule has 0 bridgehead atoms. The van der Waals surface area contributed by atoms with Crippen LogP contribution in [0.15, 0.2) is 117 Å². The van der Waals surface area contributed by atoms with Crippen LogP contribution in [0.2, 0.25) is 0 Å². The molecule has 0 saturated carbocycles. The molecular formula is C36H46O3S2. The Balaban J connectivity index is 0.000000229. The van der Waals surface area contributed by atoms with Crippen LogP contribution in [-0.2, 0) is 19.3 Å². The molecular weight excluding hydrogens is 545 g/mol. The van der Waals surface area contributed by atoms with E-state index in [0.717, 1.165) is 5.56 Å². The Morgan fingerprint density at radius 1 is 0.610 bits per heavy atom. The Morgan fingerprint density at radius 3 is 1.34 bits per heavy atom. The Hall–Kier alpha value is -2.86. The van der Waals surface area contributed by atoms with Gasteiger partial charge in [-0.3, -0.25) is 0 Å². The maximum absolute atomic E-state index is 11.6. The van der Waals surface area contributed by atoms with E-state index in [0.29, 0.717) is 17.0 Å². The van der Waals surface area contributed by atoms with Crippen molar-refractivity contribution >= 4 is 19.3 Å². The molecule has 4 aromatic rings. The summed E-state index contributed by atoms with van der Waals surface area (Å²) < 4.78 is 34.8. The third-order valence-electron chi connectivity index (χ3n) is 7.98. The second-order valence-electron chi connectivity index (χ2n) is 12.3. The second kappa shape index (κ2) is 12.6. The molecule has 220 valence electrons. The molecule has 0 fully saturated rings. The minimum absolute atomic E-state index is 0.00919. The number of rotatable bonds is 7. The quantitative estimate of drug-likeness (QED) is 0.159. The van der Waals surface area contributed by atoms with Crippen LogP contribution in [0.4, 0.5) is 0 Å². The van der Waals surface area contributed by atoms with Gasteiger partial charge in [0.05, 0.1) is 19.6 Å². The normalized spacial score (nSPS) is 13.0. The van der Waals surface area contributed by atoms with Crippen molar-refractivity contribution in [1.29, 1.82) is 0 Å². The largest absolute Gasteiger partial charge is 0.744 e. The van der Waals surface area contributed by atoms with Gasteiger partial charge in [0.25, 0.3) is 0 Å². The van der Waals surface area contributed by atoms with Crippen molar-refractivity contribution < 1.29 is 13.0 Å². The first-order valence-corrected chi connectivity index (χ1v) is 18.5. The minimum atomic E-state index is -4.45. The zero-order chi connectivity index (χ0) is 30.6. The first kappa shape index (κ1) is 32.7. The van der Waals surface area contributed by atoms with E-state index in [4.69, 9.17) is 0 Å². The fourth-order valence-corrected chi connectivity index (χ4v) is 10.9. The maximum Gasteiger partial charge on any atom is 0.124 e. The summed E-state index contributed by atoms with van der Waals surface area (Å²) in [6, 6.07) is 34.5. The Morgan fingerprint density at radius 2 is 1.00 bits per heavy atom. The van der Waals surface area contributed by atoms with Crippen LogP contribution in [0, 0.1) is 6.92 Å². The van der Waals surface area contributed by atoms with Gasteiger partial charge in [-0.2, -0.15) is 9.16 Å². The Bertz CT molecular complexity index is 1500. The van der Waals surface area contributed by atoms with Crippen molar-refractivity contribution in [2.75, 3.05) is 12.5 Å². The fraction of sp³-hybridized carbons (Fsp3) is 0.333. The summed E-state index contributed by atoms with van der Waals surface area (Å²) in [4.78, 5) is 4.28. The lowest BCUT2D eigenvalue weighted by Gasteiger charge is -2.49. The fourth-order valence-electron chi connectivity index (χ4n) is 5.47. The van der Waals surface area contributed by atoms with Crippen LogP contribution in [0.5, 0.6) is 0 Å². The summed E-state index contributed by atoms with van der Waals surface area (Å²) in [5, 5.41) is 0. The molecule has 3 nitrogen and oxygen atoms in total. The average molecular weight is 591 g/mol. The molecule has 0 aliphatic carbocycles. The van der Waals surface area contributed by atoms with Crippen LogP contribution >= 0.6 is 0 Å². The average Bonchev–Trinajstić information content (AvgIpc) is 2.93. The lowest BCUT2D eigenvalue weighted by molar-refractivity contribution is 0.459. The number of aryl methyl sites for hydroxylation is 1. The van der Waals surface area contributed by atoms with Gasteiger partial charge in [-0.1, -0.05) is 108 Å². The Labute approximate surface area is 249 Å². The van der Waals surface area contributed by atoms with Crippen molar-refractivity contribution in [3.8, 4) is 0 Å². The molecule has 0 amide bonds. The van der Waals surface area contributed by atoms with Crippen LogP contribution < -0.4 is 0 Å². The second-order valence-corrected chi connectivity index (χ2v) is 18.9. The van der Waals surface area contributed by atoms with Gasteiger partial charge < -0.3 is 4.55 Å². The van der Waals surface area contributed by atoms with Crippen LogP contribution in [0.1, 0.15) is 81.5 Å². The van der Waals surface area contributed by atoms with Gasteiger partial charge in [-0.05, 0) is 77.3 Å². The number of benzene rings is 4. The van der Waals surface area contributed by atoms with E-state index < -0.39 is 19.3 Å². The highest BCUT2D eigenvalue weighted by Crippen LogP contribution is 2.55. The first-order chi connectivity index (χ1) is 19.1. The Kier molecular flexibility index (Phi) is 10.0. The molecule has 0 unspecified atom stereocenters. The summed E-state index contributed by atoms with van der Waals surface area (Å²) in [5.41, 5.74) is 3.73. The van der Waals surface area contributed by atoms with Gasteiger partial charge in [0, 0.05) is 12.5 Å². The van der Waals surface area contributed by atoms with Gasteiger partial charge in [0.15, 0.2) is 0 Å². The summed E-state index contributed by atoms with van der Waals surface area (Å²) in [5.74, 6) is 0.322. The summed E-state index contributed by atoms with van der Waals surface area (Å²) in [7, 11) is -6.56. The van der Waals surface area contributed by atoms with Crippen LogP contribution in [0.25, 0.3) is 0 Å². The van der Waals surface area contributed by atoms with Crippen molar-refractivity contribution in [2.45, 2.75) is 85.8 Å². The summed E-state index contributed by atoms with van der Waals surface area (Å²) >= 11 is 0. The number of hydrogen-bond donors (Lipinski definition) is 0. The van der Waals surface area contributed by atoms with E-state index in [1.165, 1.54) is 20.2 Å². The highest BCUT2D eigenvalue weighted by molar-refractivity contribution is 8.29. The molecule has 0 aromatic heterocycles. The van der Waals surface area contributed by atoms with E-state index in [2.05, 4.69) is 118 Å². The summed E-state index contributed by atoms with van der Waals surface area (Å²) in [6.07, 6.45) is 4.90. The van der Waals surface area contributed by atoms with Crippen molar-refractivity contribution in [2.24, 2.45) is 0 Å². The molecule has 41 heavy (non-hydrogen) atoms. The first-order valence-electron chi connectivity index (χ1n) is 14.3. The predicted octanol–water partition coefficient (Wildman–Crippen LogP) is 9.38. The minimum Gasteiger partial charge on any atom is -0.744 e. The molecule has 0 N–H and O–H groups in total. The predicted molar refractivity (Wildman–Crippen MR) is 175 cm³/mol. The lowest BCUT2D eigenvalue weighted by atomic mass is 9.89. The van der Waals surface area contributed by atoms with Gasteiger partial charge in [0.1, 0.15) is 10.1 Å². The number of hydrogen-bond acceptors (Lipinski definition) is 3. The van der Waals surface area contributed by atoms with E-state index >= 15 is 0 Å². The van der Waals surface area contributed by atoms with Gasteiger partial charge in [0.2, 0.25) is 0 Å². The van der Waals surface area contributed by atoms with Crippen LogP contribution in [0.3, 0.4) is 0 Å². The van der Waals surface area contributed by atoms with Gasteiger partial charge in [-0.25, -0.2) is 8.42 Å². The lowest BCUT2D eigenvalue weighted by Crippen LogP contribution is -2.41. The van der Waals surface area contributed by atoms with E-state index in [-0.39, 0.29) is 16.7 Å². The standard InChI is InChI=1S/C21H23S.C15H24O3S/c1-18-12-10-11-17-21(18)22(2,3,19-13-6-4-7-14-19)20-15-8-5-9-16-20;1-9(2)12-7-13(10(3)4)15(19(16,17)18)14(8-12)11(5)6/h4-17H,1-3H3;7-11H,1-6H3,(H,16,17,18)/q+1;/p-1. The molecule has 0 atom stereocenters. The van der Waals surface area contributed by atoms with E-state index in [9.17, 15) is 13.0 Å². The molecule has 5 heteroatoms. The molecule has 0 aliphatic rings. The molecule has 0 heterocycles. The summed E-state index contributed by atoms with van der Waals surface area (Å²) in [6.45, 7) is 14.0. The third-order valence-corrected chi connectivity index (χ3v) is 14.1. The van der Waals surface area contributed by atoms with Gasteiger partial charge in [-0.15, -0.1) is 0 Å². The zero-order valence-electron chi connectivity index (χ0n) is 26.0. The van der Waals surface area contributed by atoms with Gasteiger partial charge >= 0.3 is 0 Å². The smallest absolute Gasteiger partial charge is 0.124 e. The molecule has 0 aliphatic heterocycles. The van der Waals surface area contributed by atoms with E-state index in [1.54, 1.807) is 0 Å². The molecule has 4 rings (SSSR count). The molecule has 0 radical (unpaired) electrons. The van der Waals surface area contributed by atoms with Crippen molar-refractivity contribution in [3.05, 3.63) is 119 Å². The highest BCUT2D eigenvalue weighted by Gasteiger charge is 2.45. The third kappa shape index (κ3) is 6.80. The van der Waals surface area contributed by atoms with E-state index in [1.807, 2.05) is 39.8 Å². The monoisotopic (exact) mass is 590 g/mol. The maximum atomic E-state index is 11.6. The highest BCUT2D eigenvalue weighted by atomic mass is 32.3. The SMILES string of the molecule is CC(C)c1cc(C(C)C)c(S(=O)(=O)[O-])c(C(C)C)c1.Cc1ccccc1[S+](C)(C)(c1ccccc1)c1ccccc1.